The molecule has 2 amide bonds. The predicted molar refractivity (Wildman–Crippen MR) is 83.4 cm³/mol. The van der Waals surface area contributed by atoms with Crippen LogP contribution in [0.15, 0.2) is 4.99 Å². The van der Waals surface area contributed by atoms with Gasteiger partial charge in [0.1, 0.15) is 0 Å². The van der Waals surface area contributed by atoms with E-state index in [1.807, 2.05) is 0 Å². The van der Waals surface area contributed by atoms with Gasteiger partial charge in [0.25, 0.3) is 0 Å². The Morgan fingerprint density at radius 1 is 1.50 bits per heavy atom. The van der Waals surface area contributed by atoms with Crippen LogP contribution in [0.3, 0.4) is 0 Å². The van der Waals surface area contributed by atoms with Crippen molar-refractivity contribution in [2.24, 2.45) is 10.9 Å². The maximum atomic E-state index is 11.9. The summed E-state index contributed by atoms with van der Waals surface area (Å²) in [6, 6.07) is -0.124. The Hall–Kier alpha value is -1.57. The molecular weight excluding hydrogens is 306 g/mol. The van der Waals surface area contributed by atoms with E-state index in [9.17, 15) is 14.4 Å². The van der Waals surface area contributed by atoms with Crippen molar-refractivity contribution in [3.8, 4) is 0 Å². The Morgan fingerprint density at radius 3 is 3.00 bits per heavy atom. The molecule has 1 fully saturated rings. The number of nitrogens with zero attached hydrogens (tertiary/aromatic N) is 1. The van der Waals surface area contributed by atoms with Gasteiger partial charge in [0.15, 0.2) is 5.17 Å². The summed E-state index contributed by atoms with van der Waals surface area (Å²) >= 11 is 1.45. The maximum Gasteiger partial charge on any atom is 0.307 e. The molecule has 122 valence electrons. The number of piperidine rings is 1. The fourth-order valence-electron chi connectivity index (χ4n) is 2.41. The highest BCUT2D eigenvalue weighted by Gasteiger charge is 2.23. The largest absolute Gasteiger partial charge is 0.469 e. The lowest BCUT2D eigenvalue weighted by Gasteiger charge is -2.21. The van der Waals surface area contributed by atoms with Gasteiger partial charge < -0.3 is 15.4 Å². The van der Waals surface area contributed by atoms with E-state index >= 15 is 0 Å². The van der Waals surface area contributed by atoms with E-state index in [0.717, 1.165) is 12.8 Å². The first-order valence-electron chi connectivity index (χ1n) is 7.40. The number of carbonyl (C=O) groups excluding carboxylic acids is 3. The van der Waals surface area contributed by atoms with Crippen molar-refractivity contribution in [1.29, 1.82) is 0 Å². The van der Waals surface area contributed by atoms with E-state index in [1.54, 1.807) is 0 Å². The lowest BCUT2D eigenvalue weighted by atomic mass is 9.94. The van der Waals surface area contributed by atoms with Gasteiger partial charge in [0, 0.05) is 25.1 Å². The van der Waals surface area contributed by atoms with Crippen molar-refractivity contribution < 1.29 is 19.1 Å². The summed E-state index contributed by atoms with van der Waals surface area (Å²) in [5.41, 5.74) is 0. The van der Waals surface area contributed by atoms with Crippen molar-refractivity contribution in [3.05, 3.63) is 0 Å². The predicted octanol–water partition coefficient (Wildman–Crippen LogP) is 0.444. The van der Waals surface area contributed by atoms with E-state index in [4.69, 9.17) is 0 Å². The van der Waals surface area contributed by atoms with Gasteiger partial charge in [-0.2, -0.15) is 0 Å². The number of hydrogen-bond donors (Lipinski definition) is 2. The smallest absolute Gasteiger partial charge is 0.307 e. The summed E-state index contributed by atoms with van der Waals surface area (Å²) in [6.07, 6.45) is 2.81. The Balaban J connectivity index is 1.67. The van der Waals surface area contributed by atoms with Gasteiger partial charge >= 0.3 is 5.97 Å². The van der Waals surface area contributed by atoms with E-state index in [0.29, 0.717) is 36.2 Å². The van der Waals surface area contributed by atoms with E-state index in [2.05, 4.69) is 20.4 Å². The van der Waals surface area contributed by atoms with Crippen molar-refractivity contribution in [1.82, 2.24) is 10.6 Å². The van der Waals surface area contributed by atoms with Gasteiger partial charge in [-0.05, 0) is 18.8 Å². The van der Waals surface area contributed by atoms with Crippen LogP contribution in [0.4, 0.5) is 0 Å². The molecular formula is C14H21N3O4S. The molecule has 8 heteroatoms. The Labute approximate surface area is 133 Å². The number of aliphatic imine (C=N–C) groups is 1. The summed E-state index contributed by atoms with van der Waals surface area (Å²) < 4.78 is 4.61. The summed E-state index contributed by atoms with van der Waals surface area (Å²) in [7, 11) is 1.35. The molecule has 2 heterocycles. The third-order valence-corrected chi connectivity index (χ3v) is 4.77. The minimum absolute atomic E-state index is 0.0677. The number of amides is 2. The average Bonchev–Trinajstić information content (AvgIpc) is 2.93. The monoisotopic (exact) mass is 327 g/mol. The second kappa shape index (κ2) is 8.17. The highest BCUT2D eigenvalue weighted by molar-refractivity contribution is 8.14. The lowest BCUT2D eigenvalue weighted by Crippen LogP contribution is -2.35. The zero-order valence-electron chi connectivity index (χ0n) is 12.6. The first kappa shape index (κ1) is 16.8. The first-order valence-corrected chi connectivity index (χ1v) is 8.39. The third-order valence-electron chi connectivity index (χ3n) is 3.74. The maximum absolute atomic E-state index is 11.9. The molecule has 1 saturated heterocycles. The van der Waals surface area contributed by atoms with Gasteiger partial charge in [0.05, 0.1) is 19.6 Å². The second-order valence-corrected chi connectivity index (χ2v) is 6.48. The molecule has 0 aromatic carbocycles. The van der Waals surface area contributed by atoms with Crippen LogP contribution in [0.1, 0.15) is 32.1 Å². The molecule has 0 saturated carbocycles. The normalized spacial score (nSPS) is 24.4. The molecule has 0 bridgehead atoms. The van der Waals surface area contributed by atoms with Gasteiger partial charge in [-0.3, -0.25) is 19.4 Å². The van der Waals surface area contributed by atoms with Gasteiger partial charge in [-0.25, -0.2) is 0 Å². The molecule has 0 radical (unpaired) electrons. The fourth-order valence-corrected chi connectivity index (χ4v) is 3.36. The number of carbonyl (C=O) groups is 3. The summed E-state index contributed by atoms with van der Waals surface area (Å²) in [5.74, 6) is 0.783. The van der Waals surface area contributed by atoms with Crippen LogP contribution in [-0.2, 0) is 19.1 Å². The Morgan fingerprint density at radius 2 is 2.32 bits per heavy atom. The number of ether oxygens (including phenoxy) is 1. The zero-order chi connectivity index (χ0) is 15.9. The summed E-state index contributed by atoms with van der Waals surface area (Å²) in [4.78, 5) is 38.5. The van der Waals surface area contributed by atoms with E-state index in [1.165, 1.54) is 18.9 Å². The molecule has 0 spiro atoms. The third kappa shape index (κ3) is 5.32. The number of rotatable bonds is 5. The van der Waals surface area contributed by atoms with E-state index < -0.39 is 0 Å². The SMILES string of the molecule is COC(=O)CC1CSC(NC(=O)CCC2CCC(=O)NC2)=N1. The molecule has 0 aromatic heterocycles. The van der Waals surface area contributed by atoms with Crippen molar-refractivity contribution in [2.45, 2.75) is 38.1 Å². The minimum Gasteiger partial charge on any atom is -0.469 e. The number of amidine groups is 1. The van der Waals surface area contributed by atoms with Crippen molar-refractivity contribution in [2.75, 3.05) is 19.4 Å². The van der Waals surface area contributed by atoms with Crippen LogP contribution in [0.5, 0.6) is 0 Å². The topological polar surface area (TPSA) is 96.9 Å². The van der Waals surface area contributed by atoms with Gasteiger partial charge in [0.2, 0.25) is 11.8 Å². The van der Waals surface area contributed by atoms with Gasteiger partial charge in [-0.1, -0.05) is 11.8 Å². The Kier molecular flexibility index (Phi) is 6.23. The molecule has 2 N–H and O–H groups in total. The molecule has 2 atom stereocenters. The molecule has 0 aromatic rings. The fraction of sp³-hybridized carbons (Fsp3) is 0.714. The Bertz CT molecular complexity index is 471. The number of esters is 1. The first-order chi connectivity index (χ1) is 10.6. The average molecular weight is 327 g/mol. The van der Waals surface area contributed by atoms with Crippen molar-refractivity contribution >= 4 is 34.7 Å². The van der Waals surface area contributed by atoms with Crippen LogP contribution >= 0.6 is 11.8 Å². The number of methoxy groups -OCH3 is 1. The van der Waals surface area contributed by atoms with Gasteiger partial charge in [-0.15, -0.1) is 0 Å². The highest BCUT2D eigenvalue weighted by Crippen LogP contribution is 2.20. The quantitative estimate of drug-likeness (QED) is 0.714. The van der Waals surface area contributed by atoms with E-state index in [-0.39, 0.29) is 30.2 Å². The lowest BCUT2D eigenvalue weighted by molar-refractivity contribution is -0.140. The van der Waals surface area contributed by atoms with Crippen LogP contribution in [-0.4, -0.2) is 48.4 Å². The molecule has 2 aliphatic rings. The van der Waals surface area contributed by atoms with Crippen LogP contribution < -0.4 is 10.6 Å². The zero-order valence-corrected chi connectivity index (χ0v) is 13.4. The number of thioether (sulfide) groups is 1. The highest BCUT2D eigenvalue weighted by atomic mass is 32.2. The molecule has 2 unspecified atom stereocenters. The molecule has 22 heavy (non-hydrogen) atoms. The number of hydrogen-bond acceptors (Lipinski definition) is 6. The summed E-state index contributed by atoms with van der Waals surface area (Å²) in [6.45, 7) is 0.656. The molecule has 2 rings (SSSR count). The molecule has 2 aliphatic heterocycles. The van der Waals surface area contributed by atoms with Crippen molar-refractivity contribution in [3.63, 3.8) is 0 Å². The number of nitrogens with one attached hydrogen (secondary N) is 2. The van der Waals surface area contributed by atoms with Crippen LogP contribution in [0, 0.1) is 5.92 Å². The van der Waals surface area contributed by atoms with Crippen LogP contribution in [0.25, 0.3) is 0 Å². The second-order valence-electron chi connectivity index (χ2n) is 5.47. The molecule has 0 aliphatic carbocycles. The molecule has 7 nitrogen and oxygen atoms in total. The summed E-state index contributed by atoms with van der Waals surface area (Å²) in [5, 5.41) is 6.18. The van der Waals surface area contributed by atoms with Crippen LogP contribution in [0.2, 0.25) is 0 Å². The minimum atomic E-state index is -0.290. The standard InChI is InChI=1S/C14H21N3O4S/c1-21-13(20)6-10-8-22-14(16-10)17-12(19)5-3-9-2-4-11(18)15-7-9/h9-10H,2-8H2,1H3,(H,15,18)(H,16,17,19).